The predicted octanol–water partition coefficient (Wildman–Crippen LogP) is 5.22. The van der Waals surface area contributed by atoms with Gasteiger partial charge in [-0.1, -0.05) is 12.1 Å². The highest BCUT2D eigenvalue weighted by Gasteiger charge is 2.59. The average molecular weight is 442 g/mol. The second kappa shape index (κ2) is 8.52. The highest BCUT2D eigenvalue weighted by molar-refractivity contribution is 5.69. The smallest absolute Gasteiger partial charge is 0.423 e. The van der Waals surface area contributed by atoms with Gasteiger partial charge in [-0.2, -0.15) is 26.3 Å². The van der Waals surface area contributed by atoms with Crippen LogP contribution in [0.5, 0.6) is 0 Å². The number of halogens is 6. The fourth-order valence-corrected chi connectivity index (χ4v) is 3.27. The SMILES string of the molecule is CC(C)(C)OC(=O)N1CCCC1[C@@H](OC(C(F)(F)F)C(F)(F)F)c1cccc(N)c1. The van der Waals surface area contributed by atoms with Crippen LogP contribution in [0, 0.1) is 0 Å². The van der Waals surface area contributed by atoms with E-state index in [-0.39, 0.29) is 24.2 Å². The van der Waals surface area contributed by atoms with E-state index >= 15 is 0 Å². The van der Waals surface area contributed by atoms with E-state index in [0.29, 0.717) is 6.42 Å². The average Bonchev–Trinajstić information content (AvgIpc) is 3.00. The number of hydrogen-bond donors (Lipinski definition) is 1. The molecule has 170 valence electrons. The van der Waals surface area contributed by atoms with Gasteiger partial charge in [0.2, 0.25) is 6.10 Å². The van der Waals surface area contributed by atoms with Gasteiger partial charge >= 0.3 is 18.4 Å². The second-order valence-electron chi connectivity index (χ2n) is 8.07. The molecule has 0 aliphatic carbocycles. The molecule has 5 nitrogen and oxygen atoms in total. The molecule has 0 radical (unpaired) electrons. The summed E-state index contributed by atoms with van der Waals surface area (Å²) in [6, 6.07) is 4.29. The van der Waals surface area contributed by atoms with Crippen molar-refractivity contribution < 1.29 is 40.6 Å². The Morgan fingerprint density at radius 2 is 1.73 bits per heavy atom. The lowest BCUT2D eigenvalue weighted by Gasteiger charge is -2.36. The first-order chi connectivity index (χ1) is 13.6. The predicted molar refractivity (Wildman–Crippen MR) is 96.5 cm³/mol. The Morgan fingerprint density at radius 1 is 1.13 bits per heavy atom. The first kappa shape index (κ1) is 24.1. The Hall–Kier alpha value is -2.17. The number of amides is 1. The summed E-state index contributed by atoms with van der Waals surface area (Å²) in [6.45, 7) is 4.92. The summed E-state index contributed by atoms with van der Waals surface area (Å²) >= 11 is 0. The summed E-state index contributed by atoms with van der Waals surface area (Å²) in [5.74, 6) is 0. The third-order valence-corrected chi connectivity index (χ3v) is 4.39. The number of ether oxygens (including phenoxy) is 2. The lowest BCUT2D eigenvalue weighted by molar-refractivity contribution is -0.334. The summed E-state index contributed by atoms with van der Waals surface area (Å²) < 4.78 is 88.9. The van der Waals surface area contributed by atoms with Crippen molar-refractivity contribution in [3.05, 3.63) is 29.8 Å². The lowest BCUT2D eigenvalue weighted by atomic mass is 9.99. The number of carbonyl (C=O) groups is 1. The van der Waals surface area contributed by atoms with E-state index in [2.05, 4.69) is 4.74 Å². The van der Waals surface area contributed by atoms with Crippen molar-refractivity contribution >= 4 is 11.8 Å². The van der Waals surface area contributed by atoms with Gasteiger partial charge < -0.3 is 20.1 Å². The molecule has 0 aromatic heterocycles. The van der Waals surface area contributed by atoms with Crippen LogP contribution in [0.3, 0.4) is 0 Å². The molecule has 1 aromatic carbocycles. The number of rotatable bonds is 4. The summed E-state index contributed by atoms with van der Waals surface area (Å²) in [7, 11) is 0. The van der Waals surface area contributed by atoms with E-state index in [4.69, 9.17) is 10.5 Å². The molecule has 0 bridgehead atoms. The van der Waals surface area contributed by atoms with Gasteiger partial charge in [0.15, 0.2) is 0 Å². The molecule has 1 saturated heterocycles. The minimum Gasteiger partial charge on any atom is -0.444 e. The van der Waals surface area contributed by atoms with Gasteiger partial charge in [-0.15, -0.1) is 0 Å². The fourth-order valence-electron chi connectivity index (χ4n) is 3.27. The molecule has 0 saturated carbocycles. The van der Waals surface area contributed by atoms with E-state index < -0.39 is 42.3 Å². The maximum absolute atomic E-state index is 13.2. The molecular formula is C19H24F6N2O3. The Morgan fingerprint density at radius 3 is 2.23 bits per heavy atom. The van der Waals surface area contributed by atoms with Crippen molar-refractivity contribution in [1.29, 1.82) is 0 Å². The number of nitrogens with two attached hydrogens (primary N) is 1. The molecular weight excluding hydrogens is 418 g/mol. The number of hydrogen-bond acceptors (Lipinski definition) is 4. The molecule has 1 heterocycles. The van der Waals surface area contributed by atoms with Crippen molar-refractivity contribution in [2.75, 3.05) is 12.3 Å². The van der Waals surface area contributed by atoms with Crippen LogP contribution in [0.4, 0.5) is 36.8 Å². The molecule has 1 amide bonds. The Balaban J connectivity index is 2.44. The first-order valence-electron chi connectivity index (χ1n) is 9.23. The summed E-state index contributed by atoms with van der Waals surface area (Å²) in [6.07, 6.45) is -17.4. The lowest BCUT2D eigenvalue weighted by Crippen LogP contribution is -2.49. The van der Waals surface area contributed by atoms with E-state index in [9.17, 15) is 31.1 Å². The minimum absolute atomic E-state index is 0.00830. The van der Waals surface area contributed by atoms with Crippen molar-refractivity contribution in [3.63, 3.8) is 0 Å². The molecule has 1 aromatic rings. The Bertz CT molecular complexity index is 731. The van der Waals surface area contributed by atoms with Gasteiger partial charge in [0.05, 0.1) is 6.04 Å². The van der Waals surface area contributed by atoms with Crippen LogP contribution in [0.1, 0.15) is 45.3 Å². The normalized spacial score (nSPS) is 19.3. The number of nitrogens with zero attached hydrogens (tertiary/aromatic N) is 1. The quantitative estimate of drug-likeness (QED) is 0.513. The third-order valence-electron chi connectivity index (χ3n) is 4.39. The second-order valence-corrected chi connectivity index (χ2v) is 8.07. The van der Waals surface area contributed by atoms with Crippen molar-refractivity contribution in [3.8, 4) is 0 Å². The highest BCUT2D eigenvalue weighted by Crippen LogP contribution is 2.42. The van der Waals surface area contributed by atoms with Crippen LogP contribution in [-0.2, 0) is 9.47 Å². The highest BCUT2D eigenvalue weighted by atomic mass is 19.4. The molecule has 1 aliphatic heterocycles. The maximum atomic E-state index is 13.2. The molecule has 1 aliphatic rings. The molecule has 1 fully saturated rings. The number of carbonyl (C=O) groups excluding carboxylic acids is 1. The maximum Gasteiger partial charge on any atom is 0.423 e. The molecule has 30 heavy (non-hydrogen) atoms. The van der Waals surface area contributed by atoms with E-state index in [1.807, 2.05) is 0 Å². The monoisotopic (exact) mass is 442 g/mol. The van der Waals surface area contributed by atoms with Crippen LogP contribution < -0.4 is 5.73 Å². The summed E-state index contributed by atoms with van der Waals surface area (Å²) in [4.78, 5) is 13.6. The number of alkyl halides is 6. The van der Waals surface area contributed by atoms with Gasteiger partial charge in [0.25, 0.3) is 0 Å². The molecule has 2 atom stereocenters. The first-order valence-corrected chi connectivity index (χ1v) is 9.23. The zero-order valence-electron chi connectivity index (χ0n) is 16.7. The number of benzene rings is 1. The van der Waals surface area contributed by atoms with Crippen LogP contribution in [-0.4, -0.2) is 47.6 Å². The van der Waals surface area contributed by atoms with E-state index in [1.165, 1.54) is 24.3 Å². The van der Waals surface area contributed by atoms with E-state index in [0.717, 1.165) is 4.90 Å². The Kier molecular flexibility index (Phi) is 6.85. The van der Waals surface area contributed by atoms with Gasteiger partial charge in [-0.3, -0.25) is 0 Å². The summed E-state index contributed by atoms with van der Waals surface area (Å²) in [5, 5.41) is 0. The topological polar surface area (TPSA) is 64.8 Å². The Labute approximate surface area is 170 Å². The van der Waals surface area contributed by atoms with Crippen LogP contribution in [0.25, 0.3) is 0 Å². The zero-order valence-corrected chi connectivity index (χ0v) is 16.7. The van der Waals surface area contributed by atoms with Crippen LogP contribution in [0.2, 0.25) is 0 Å². The largest absolute Gasteiger partial charge is 0.444 e. The number of nitrogen functional groups attached to an aromatic ring is 1. The van der Waals surface area contributed by atoms with Crippen molar-refractivity contribution in [1.82, 2.24) is 4.90 Å². The molecule has 2 N–H and O–H groups in total. The molecule has 11 heteroatoms. The van der Waals surface area contributed by atoms with Crippen molar-refractivity contribution in [2.24, 2.45) is 0 Å². The molecule has 0 spiro atoms. The van der Waals surface area contributed by atoms with Gasteiger partial charge in [-0.05, 0) is 51.3 Å². The van der Waals surface area contributed by atoms with Gasteiger partial charge in [0.1, 0.15) is 11.7 Å². The minimum atomic E-state index is -5.69. The van der Waals surface area contributed by atoms with Gasteiger partial charge in [-0.25, -0.2) is 4.79 Å². The van der Waals surface area contributed by atoms with E-state index in [1.54, 1.807) is 20.8 Å². The zero-order chi connectivity index (χ0) is 22.9. The molecule has 1 unspecified atom stereocenters. The number of anilines is 1. The van der Waals surface area contributed by atoms with Crippen molar-refractivity contribution in [2.45, 2.75) is 69.8 Å². The van der Waals surface area contributed by atoms with Gasteiger partial charge in [0, 0.05) is 12.2 Å². The molecule has 2 rings (SSSR count). The standard InChI is InChI=1S/C19H24F6N2O3/c1-17(2,3)30-16(28)27-9-5-8-13(27)14(11-6-4-7-12(26)10-11)29-15(18(20,21)22)19(23,24)25/h4,6-7,10,13-15H,5,8-9,26H2,1-3H3/t13?,14-/m0/s1. The third kappa shape index (κ3) is 6.16. The number of likely N-dealkylation sites (tertiary alicyclic amines) is 1. The van der Waals surface area contributed by atoms with Crippen LogP contribution >= 0.6 is 0 Å². The van der Waals surface area contributed by atoms with Crippen LogP contribution in [0.15, 0.2) is 24.3 Å². The fraction of sp³-hybridized carbons (Fsp3) is 0.632. The summed E-state index contributed by atoms with van der Waals surface area (Å²) in [5.41, 5.74) is 4.93.